The van der Waals surface area contributed by atoms with E-state index in [2.05, 4.69) is 0 Å². The number of rotatable bonds is 2. The highest BCUT2D eigenvalue weighted by atomic mass is 32.2. The van der Waals surface area contributed by atoms with Gasteiger partial charge in [-0.25, -0.2) is 8.42 Å². The number of ether oxygens (including phenoxy) is 1. The number of para-hydroxylation sites is 1. The van der Waals surface area contributed by atoms with Gasteiger partial charge in [-0.3, -0.25) is 4.79 Å². The zero-order valence-corrected chi connectivity index (χ0v) is 13.1. The first-order valence-corrected chi connectivity index (χ1v) is 8.57. The summed E-state index contributed by atoms with van der Waals surface area (Å²) in [4.78, 5) is 12.4. The lowest BCUT2D eigenvalue weighted by Gasteiger charge is -2.29. The average Bonchev–Trinajstić information content (AvgIpc) is 2.47. The van der Waals surface area contributed by atoms with Crippen LogP contribution in [0, 0.1) is 6.92 Å². The molecule has 4 nitrogen and oxygen atoms in total. The Bertz CT molecular complexity index is 822. The van der Waals surface area contributed by atoms with Crippen LogP contribution in [0.5, 0.6) is 5.75 Å². The van der Waals surface area contributed by atoms with Crippen LogP contribution in [0.2, 0.25) is 0 Å². The minimum atomic E-state index is -3.79. The Morgan fingerprint density at radius 1 is 1.00 bits per heavy atom. The van der Waals surface area contributed by atoms with Crippen LogP contribution in [0.3, 0.4) is 0 Å². The fourth-order valence-electron chi connectivity index (χ4n) is 2.75. The second kappa shape index (κ2) is 5.25. The quantitative estimate of drug-likeness (QED) is 0.631. The van der Waals surface area contributed by atoms with Gasteiger partial charge < -0.3 is 4.74 Å². The molecular weight excluding hydrogens is 300 g/mol. The van der Waals surface area contributed by atoms with E-state index in [4.69, 9.17) is 4.74 Å². The molecule has 1 heterocycles. The van der Waals surface area contributed by atoms with E-state index >= 15 is 0 Å². The van der Waals surface area contributed by atoms with Gasteiger partial charge in [0.1, 0.15) is 5.75 Å². The Hall–Kier alpha value is -2.14. The largest absolute Gasteiger partial charge is 0.425 e. The molecule has 0 radical (unpaired) electrons. The van der Waals surface area contributed by atoms with Crippen molar-refractivity contribution in [2.45, 2.75) is 29.9 Å². The Labute approximate surface area is 129 Å². The van der Waals surface area contributed by atoms with Gasteiger partial charge in [-0.05, 0) is 30.7 Å². The van der Waals surface area contributed by atoms with E-state index in [-0.39, 0.29) is 4.90 Å². The molecule has 0 spiro atoms. The van der Waals surface area contributed by atoms with Crippen molar-refractivity contribution in [1.29, 1.82) is 0 Å². The summed E-state index contributed by atoms with van der Waals surface area (Å²) in [5.41, 5.74) is 1.70. The topological polar surface area (TPSA) is 60.4 Å². The van der Waals surface area contributed by atoms with Gasteiger partial charge >= 0.3 is 5.97 Å². The third kappa shape index (κ3) is 2.31. The van der Waals surface area contributed by atoms with Gasteiger partial charge in [0.2, 0.25) is 0 Å². The van der Waals surface area contributed by atoms with Crippen molar-refractivity contribution in [3.8, 4) is 5.75 Å². The molecule has 5 heteroatoms. The number of hydrogen-bond donors (Lipinski definition) is 0. The predicted molar refractivity (Wildman–Crippen MR) is 82.6 cm³/mol. The molecule has 1 aliphatic rings. The van der Waals surface area contributed by atoms with E-state index in [1.807, 2.05) is 13.0 Å². The average molecular weight is 316 g/mol. The summed E-state index contributed by atoms with van der Waals surface area (Å²) in [7, 11) is -3.79. The number of benzene rings is 2. The molecule has 1 aliphatic heterocycles. The molecule has 0 saturated carbocycles. The fraction of sp³-hybridized carbons (Fsp3) is 0.235. The van der Waals surface area contributed by atoms with Gasteiger partial charge in [0.05, 0.1) is 4.90 Å². The van der Waals surface area contributed by atoms with Gasteiger partial charge in [-0.15, -0.1) is 0 Å². The van der Waals surface area contributed by atoms with E-state index in [0.717, 1.165) is 11.1 Å². The molecule has 2 aromatic rings. The van der Waals surface area contributed by atoms with E-state index < -0.39 is 27.0 Å². The zero-order chi connectivity index (χ0) is 15.9. The van der Waals surface area contributed by atoms with Crippen molar-refractivity contribution in [2.24, 2.45) is 0 Å². The molecule has 0 amide bonds. The van der Waals surface area contributed by atoms with Crippen LogP contribution in [-0.4, -0.2) is 19.6 Å². The van der Waals surface area contributed by atoms with Crippen molar-refractivity contribution in [2.75, 3.05) is 0 Å². The second-order valence-corrected chi connectivity index (χ2v) is 7.60. The van der Waals surface area contributed by atoms with E-state index in [9.17, 15) is 13.2 Å². The highest BCUT2D eigenvalue weighted by Crippen LogP contribution is 2.38. The highest BCUT2D eigenvalue weighted by Gasteiger charge is 2.44. The number of carbonyl (C=O) groups is 1. The minimum Gasteiger partial charge on any atom is -0.425 e. The molecule has 2 atom stereocenters. The Morgan fingerprint density at radius 3 is 2.32 bits per heavy atom. The summed E-state index contributed by atoms with van der Waals surface area (Å²) in [6, 6.07) is 13.6. The normalized spacial score (nSPS) is 21.1. The van der Waals surface area contributed by atoms with Gasteiger partial charge in [-0.2, -0.15) is 0 Å². The Balaban J connectivity index is 2.08. The maximum atomic E-state index is 12.8. The van der Waals surface area contributed by atoms with Crippen LogP contribution in [0.1, 0.15) is 24.0 Å². The van der Waals surface area contributed by atoms with E-state index in [0.29, 0.717) is 5.75 Å². The summed E-state index contributed by atoms with van der Waals surface area (Å²) in [6.45, 7) is 3.62. The Kier molecular flexibility index (Phi) is 3.53. The SMILES string of the molecule is Cc1ccc(S(=O)(=O)C2C(=O)Oc3ccccc3C2C)cc1. The summed E-state index contributed by atoms with van der Waals surface area (Å²) >= 11 is 0. The molecule has 22 heavy (non-hydrogen) atoms. The molecule has 0 fully saturated rings. The predicted octanol–water partition coefficient (Wildman–Crippen LogP) is 2.86. The molecule has 0 saturated heterocycles. The first-order valence-electron chi connectivity index (χ1n) is 7.02. The number of hydrogen-bond acceptors (Lipinski definition) is 4. The molecular formula is C17H16O4S. The van der Waals surface area contributed by atoms with Crippen molar-refractivity contribution in [3.05, 3.63) is 59.7 Å². The molecule has 114 valence electrons. The number of fused-ring (bicyclic) bond motifs is 1. The fourth-order valence-corrected chi connectivity index (χ4v) is 4.55. The summed E-state index contributed by atoms with van der Waals surface area (Å²) < 4.78 is 30.9. The summed E-state index contributed by atoms with van der Waals surface area (Å²) in [5.74, 6) is -0.731. The van der Waals surface area contributed by atoms with Crippen molar-refractivity contribution in [1.82, 2.24) is 0 Å². The van der Waals surface area contributed by atoms with E-state index in [1.54, 1.807) is 37.3 Å². The van der Waals surface area contributed by atoms with Crippen molar-refractivity contribution < 1.29 is 17.9 Å². The van der Waals surface area contributed by atoms with Gasteiger partial charge in [0.25, 0.3) is 0 Å². The minimum absolute atomic E-state index is 0.145. The second-order valence-electron chi connectivity index (χ2n) is 5.53. The lowest BCUT2D eigenvalue weighted by Crippen LogP contribution is -2.41. The molecule has 0 aromatic heterocycles. The van der Waals surface area contributed by atoms with Crippen molar-refractivity contribution in [3.63, 3.8) is 0 Å². The molecule has 2 unspecified atom stereocenters. The standard InChI is InChI=1S/C17H16O4S/c1-11-7-9-13(10-8-11)22(19,20)16-12(2)14-5-3-4-6-15(14)21-17(16)18/h3-10,12,16H,1-2H3. The monoisotopic (exact) mass is 316 g/mol. The number of aryl methyl sites for hydroxylation is 1. The molecule has 2 aromatic carbocycles. The van der Waals surface area contributed by atoms with Crippen LogP contribution in [0.25, 0.3) is 0 Å². The maximum Gasteiger partial charge on any atom is 0.330 e. The zero-order valence-electron chi connectivity index (χ0n) is 12.3. The molecule has 0 aliphatic carbocycles. The van der Waals surface area contributed by atoms with Gasteiger partial charge in [0.15, 0.2) is 15.1 Å². The molecule has 0 N–H and O–H groups in total. The summed E-state index contributed by atoms with van der Waals surface area (Å²) in [6.07, 6.45) is 0. The number of esters is 1. The molecule has 3 rings (SSSR count). The third-order valence-electron chi connectivity index (χ3n) is 3.99. The first kappa shape index (κ1) is 14.8. The summed E-state index contributed by atoms with van der Waals surface area (Å²) in [5, 5.41) is -1.22. The van der Waals surface area contributed by atoms with Crippen LogP contribution >= 0.6 is 0 Å². The lowest BCUT2D eigenvalue weighted by atomic mass is 9.94. The number of sulfone groups is 1. The maximum absolute atomic E-state index is 12.8. The smallest absolute Gasteiger partial charge is 0.330 e. The van der Waals surface area contributed by atoms with Crippen LogP contribution in [0.4, 0.5) is 0 Å². The van der Waals surface area contributed by atoms with Gasteiger partial charge in [-0.1, -0.05) is 42.8 Å². The van der Waals surface area contributed by atoms with Crippen molar-refractivity contribution >= 4 is 15.8 Å². The third-order valence-corrected chi connectivity index (χ3v) is 6.19. The lowest BCUT2D eigenvalue weighted by molar-refractivity contribution is -0.135. The van der Waals surface area contributed by atoms with Crippen LogP contribution < -0.4 is 4.74 Å². The molecule has 0 bridgehead atoms. The highest BCUT2D eigenvalue weighted by molar-refractivity contribution is 7.92. The van der Waals surface area contributed by atoms with Crippen LogP contribution in [0.15, 0.2) is 53.4 Å². The Morgan fingerprint density at radius 2 is 1.64 bits per heavy atom. The van der Waals surface area contributed by atoms with Crippen LogP contribution in [-0.2, 0) is 14.6 Å². The van der Waals surface area contributed by atoms with Gasteiger partial charge in [0, 0.05) is 5.92 Å². The van der Waals surface area contributed by atoms with E-state index in [1.165, 1.54) is 12.1 Å². The first-order chi connectivity index (χ1) is 10.4. The number of carbonyl (C=O) groups excluding carboxylic acids is 1.